The quantitative estimate of drug-likeness (QED) is 0.740. The molecule has 3 nitrogen and oxygen atoms in total. The Kier molecular flexibility index (Phi) is 5.64. The lowest BCUT2D eigenvalue weighted by molar-refractivity contribution is 0.242. The fraction of sp³-hybridized carbons (Fsp3) is 0.611. The first-order valence-electron chi connectivity index (χ1n) is 8.26. The molecule has 1 aliphatic rings. The molecular formula is C18H29NO2SSi. The van der Waals surface area contributed by atoms with Gasteiger partial charge in [-0.1, -0.05) is 38.5 Å². The number of aryl methyl sites for hydroxylation is 1. The van der Waals surface area contributed by atoms with Crippen molar-refractivity contribution in [2.45, 2.75) is 63.2 Å². The molecule has 0 aromatic heterocycles. The van der Waals surface area contributed by atoms with Crippen molar-refractivity contribution in [3.05, 3.63) is 29.8 Å². The van der Waals surface area contributed by atoms with Gasteiger partial charge in [0.25, 0.3) is 0 Å². The summed E-state index contributed by atoms with van der Waals surface area (Å²) in [6.45, 7) is 14.1. The highest BCUT2D eigenvalue weighted by Gasteiger charge is 2.40. The lowest BCUT2D eigenvalue weighted by atomic mass is 10.2. The van der Waals surface area contributed by atoms with Crippen LogP contribution in [0.2, 0.25) is 18.1 Å². The number of nitrogens with zero attached hydrogens (tertiary/aromatic N) is 1. The monoisotopic (exact) mass is 351 g/mol. The Hall–Kier alpha value is -0.783. The van der Waals surface area contributed by atoms with Crippen LogP contribution >= 0.6 is 0 Å². The van der Waals surface area contributed by atoms with Crippen molar-refractivity contribution in [1.82, 2.24) is 0 Å². The zero-order valence-electron chi connectivity index (χ0n) is 15.2. The smallest absolute Gasteiger partial charge is 0.192 e. The molecule has 0 spiro atoms. The molecule has 0 aliphatic carbocycles. The average Bonchev–Trinajstić information content (AvgIpc) is 2.84. The van der Waals surface area contributed by atoms with E-state index in [0.717, 1.165) is 23.6 Å². The zero-order valence-corrected chi connectivity index (χ0v) is 17.0. The number of benzene rings is 1. The highest BCUT2D eigenvalue weighted by molar-refractivity contribution is 7.85. The summed E-state index contributed by atoms with van der Waals surface area (Å²) < 4.78 is 19.1. The van der Waals surface area contributed by atoms with Crippen molar-refractivity contribution < 1.29 is 8.63 Å². The molecule has 23 heavy (non-hydrogen) atoms. The molecule has 1 heterocycles. The summed E-state index contributed by atoms with van der Waals surface area (Å²) in [6, 6.07) is 7.91. The van der Waals surface area contributed by atoms with E-state index in [4.69, 9.17) is 4.43 Å². The van der Waals surface area contributed by atoms with Crippen molar-refractivity contribution in [1.29, 1.82) is 0 Å². The second-order valence-corrected chi connectivity index (χ2v) is 14.0. The highest BCUT2D eigenvalue weighted by atomic mass is 32.2. The van der Waals surface area contributed by atoms with Gasteiger partial charge in [-0.15, -0.1) is 0 Å². The van der Waals surface area contributed by atoms with Gasteiger partial charge in [-0.2, -0.15) is 0 Å². The molecule has 2 rings (SSSR count). The van der Waals surface area contributed by atoms with Gasteiger partial charge in [0, 0.05) is 11.4 Å². The minimum Gasteiger partial charge on any atom is -0.409 e. The van der Waals surface area contributed by atoms with Gasteiger partial charge in [-0.25, -0.2) is 0 Å². The van der Waals surface area contributed by atoms with Crippen LogP contribution < -0.4 is 0 Å². The Morgan fingerprint density at radius 3 is 2.43 bits per heavy atom. The van der Waals surface area contributed by atoms with Gasteiger partial charge in [-0.3, -0.25) is 9.20 Å². The molecule has 0 N–H and O–H groups in total. The van der Waals surface area contributed by atoms with Gasteiger partial charge in [0.1, 0.15) is 0 Å². The Morgan fingerprint density at radius 2 is 1.87 bits per heavy atom. The van der Waals surface area contributed by atoms with E-state index in [-0.39, 0.29) is 11.1 Å². The third-order valence-corrected chi connectivity index (χ3v) is 10.7. The van der Waals surface area contributed by atoms with Crippen LogP contribution in [-0.4, -0.2) is 36.6 Å². The summed E-state index contributed by atoms with van der Waals surface area (Å²) in [5.41, 5.74) is 2.16. The third kappa shape index (κ3) is 4.61. The standard InChI is InChI=1S/C18H29NO2SSi/c1-14-7-9-15(10-8-14)22(20)13-16-17(11-12-19-16)21-23(5,6)18(2,3)4/h7-10,17H,11-13H2,1-6H3/t17-,22?/m0/s1. The predicted octanol–water partition coefficient (Wildman–Crippen LogP) is 4.34. The van der Waals surface area contributed by atoms with Gasteiger partial charge in [0.2, 0.25) is 0 Å². The molecule has 0 amide bonds. The predicted molar refractivity (Wildman–Crippen MR) is 101 cm³/mol. The van der Waals surface area contributed by atoms with E-state index in [1.807, 2.05) is 31.2 Å². The van der Waals surface area contributed by atoms with E-state index < -0.39 is 19.1 Å². The van der Waals surface area contributed by atoms with Crippen LogP contribution in [0.1, 0.15) is 32.8 Å². The molecule has 0 fully saturated rings. The van der Waals surface area contributed by atoms with E-state index in [2.05, 4.69) is 38.9 Å². The Labute approximate surface area is 144 Å². The van der Waals surface area contributed by atoms with E-state index >= 15 is 0 Å². The molecule has 1 aliphatic heterocycles. The Bertz CT molecular complexity index is 602. The SMILES string of the molecule is Cc1ccc(S(=O)CC2=NCC[C@@H]2O[Si](C)(C)C(C)(C)C)cc1. The zero-order chi connectivity index (χ0) is 17.3. The summed E-state index contributed by atoms with van der Waals surface area (Å²) in [5.74, 6) is 0.488. The maximum Gasteiger partial charge on any atom is 0.192 e. The van der Waals surface area contributed by atoms with E-state index in [0.29, 0.717) is 5.75 Å². The molecule has 0 saturated heterocycles. The maximum absolute atomic E-state index is 12.6. The van der Waals surface area contributed by atoms with Crippen molar-refractivity contribution >= 4 is 24.8 Å². The van der Waals surface area contributed by atoms with Gasteiger partial charge in [0.05, 0.1) is 28.4 Å². The van der Waals surface area contributed by atoms with E-state index in [1.165, 1.54) is 5.56 Å². The number of hydrogen-bond acceptors (Lipinski definition) is 3. The second kappa shape index (κ2) is 6.99. The molecule has 1 aromatic carbocycles. The molecule has 0 bridgehead atoms. The molecule has 128 valence electrons. The van der Waals surface area contributed by atoms with Crippen LogP contribution in [0.15, 0.2) is 34.2 Å². The summed E-state index contributed by atoms with van der Waals surface area (Å²) >= 11 is 0. The fourth-order valence-electron chi connectivity index (χ4n) is 2.30. The van der Waals surface area contributed by atoms with Gasteiger partial charge in [-0.05, 0) is 43.6 Å². The first-order valence-corrected chi connectivity index (χ1v) is 12.5. The normalized spacial score (nSPS) is 20.4. The summed E-state index contributed by atoms with van der Waals surface area (Å²) in [7, 11) is -2.88. The molecule has 0 radical (unpaired) electrons. The van der Waals surface area contributed by atoms with Crippen LogP contribution in [-0.2, 0) is 15.2 Å². The average molecular weight is 352 g/mol. The van der Waals surface area contributed by atoms with E-state index in [9.17, 15) is 4.21 Å². The largest absolute Gasteiger partial charge is 0.409 e. The second-order valence-electron chi connectivity index (χ2n) is 7.83. The van der Waals surface area contributed by atoms with Gasteiger partial charge < -0.3 is 4.43 Å². The van der Waals surface area contributed by atoms with Crippen LogP contribution in [0, 0.1) is 6.92 Å². The highest BCUT2D eigenvalue weighted by Crippen LogP contribution is 2.38. The van der Waals surface area contributed by atoms with Crippen molar-refractivity contribution in [2.75, 3.05) is 12.3 Å². The first-order chi connectivity index (χ1) is 10.6. The number of hydrogen-bond donors (Lipinski definition) is 0. The summed E-state index contributed by atoms with van der Waals surface area (Å²) in [4.78, 5) is 5.46. The van der Waals surface area contributed by atoms with Gasteiger partial charge in [0.15, 0.2) is 8.32 Å². The lowest BCUT2D eigenvalue weighted by Crippen LogP contribution is -2.46. The molecule has 5 heteroatoms. The van der Waals surface area contributed by atoms with Crippen molar-refractivity contribution in [3.8, 4) is 0 Å². The molecule has 1 aromatic rings. The van der Waals surface area contributed by atoms with E-state index in [1.54, 1.807) is 0 Å². The van der Waals surface area contributed by atoms with Crippen LogP contribution in [0.25, 0.3) is 0 Å². The van der Waals surface area contributed by atoms with Crippen LogP contribution in [0.3, 0.4) is 0 Å². The number of rotatable bonds is 5. The van der Waals surface area contributed by atoms with Crippen molar-refractivity contribution in [2.24, 2.45) is 4.99 Å². The molecular weight excluding hydrogens is 322 g/mol. The topological polar surface area (TPSA) is 38.7 Å². The van der Waals surface area contributed by atoms with Crippen LogP contribution in [0.4, 0.5) is 0 Å². The molecule has 2 atom stereocenters. The fourth-order valence-corrected chi connectivity index (χ4v) is 4.77. The maximum atomic E-state index is 12.6. The minimum absolute atomic E-state index is 0.0466. The number of aliphatic imine (C=N–C) groups is 1. The lowest BCUT2D eigenvalue weighted by Gasteiger charge is -2.38. The van der Waals surface area contributed by atoms with Crippen molar-refractivity contribution in [3.63, 3.8) is 0 Å². The summed E-state index contributed by atoms with van der Waals surface area (Å²) in [6.07, 6.45) is 0.970. The molecule has 1 unspecified atom stereocenters. The van der Waals surface area contributed by atoms with Crippen LogP contribution in [0.5, 0.6) is 0 Å². The van der Waals surface area contributed by atoms with Gasteiger partial charge >= 0.3 is 0 Å². The Balaban J connectivity index is 2.05. The minimum atomic E-state index is -1.83. The molecule has 0 saturated carbocycles. The first kappa shape index (κ1) is 18.6. The third-order valence-electron chi connectivity index (χ3n) is 4.88. The Morgan fingerprint density at radius 1 is 1.26 bits per heavy atom. The summed E-state index contributed by atoms with van der Waals surface area (Å²) in [5, 5.41) is 0.177.